The van der Waals surface area contributed by atoms with Gasteiger partial charge in [0.15, 0.2) is 5.11 Å². The molecule has 0 aliphatic carbocycles. The van der Waals surface area contributed by atoms with E-state index < -0.39 is 9.96 Å². The van der Waals surface area contributed by atoms with Crippen LogP contribution in [0.1, 0.15) is 27.2 Å². The number of thiocarbonyl (C=S) groups is 1. The lowest BCUT2D eigenvalue weighted by Crippen LogP contribution is -2.56. The van der Waals surface area contributed by atoms with Crippen molar-refractivity contribution in [3.05, 3.63) is 29.3 Å². The molecule has 3 N–H and O–H groups in total. The second-order valence-corrected chi connectivity index (χ2v) is 9.60. The summed E-state index contributed by atoms with van der Waals surface area (Å²) in [6.07, 6.45) is -0.701. The van der Waals surface area contributed by atoms with Crippen LogP contribution >= 0.6 is 58.6 Å². The van der Waals surface area contributed by atoms with E-state index in [2.05, 4.69) is 16.0 Å². The molecule has 24 heavy (non-hydrogen) atoms. The molecule has 134 valence electrons. The van der Waals surface area contributed by atoms with Gasteiger partial charge in [-0.05, 0) is 41.9 Å². The summed E-state index contributed by atoms with van der Waals surface area (Å²) in [5.41, 5.74) is 0.519. The molecule has 0 heterocycles. The molecule has 1 aromatic carbocycles. The van der Waals surface area contributed by atoms with Gasteiger partial charge in [0.1, 0.15) is 6.17 Å². The molecule has 4 nitrogen and oxygen atoms in total. The number of carbonyl (C=O) groups excluding carboxylic acids is 1. The van der Waals surface area contributed by atoms with Crippen molar-refractivity contribution in [2.24, 2.45) is 5.41 Å². The standard InChI is InChI=1S/C15H19Cl4N3OS/c1-14(2,3)8-11(23)21-12(15(17,18)19)22-13(24)20-10-6-4-9(16)5-7-10/h4-7,12H,8H2,1-3H3,(H,21,23)(H2,20,22,24). The van der Waals surface area contributed by atoms with Gasteiger partial charge in [0.2, 0.25) is 9.70 Å². The van der Waals surface area contributed by atoms with Crippen molar-refractivity contribution >= 4 is 75.3 Å². The molecule has 1 unspecified atom stereocenters. The van der Waals surface area contributed by atoms with E-state index >= 15 is 0 Å². The highest BCUT2D eigenvalue weighted by atomic mass is 35.6. The Morgan fingerprint density at radius 1 is 1.12 bits per heavy atom. The van der Waals surface area contributed by atoms with Gasteiger partial charge >= 0.3 is 0 Å². The molecule has 0 bridgehead atoms. The first-order chi connectivity index (χ1) is 10.9. The molecule has 0 spiro atoms. The summed E-state index contributed by atoms with van der Waals surface area (Å²) in [5.74, 6) is -0.249. The third-order valence-corrected chi connectivity index (χ3v) is 3.83. The summed E-state index contributed by atoms with van der Waals surface area (Å²) in [6.45, 7) is 5.82. The Morgan fingerprint density at radius 2 is 1.67 bits per heavy atom. The van der Waals surface area contributed by atoms with Gasteiger partial charge in [0.05, 0.1) is 0 Å². The number of hydrogen-bond donors (Lipinski definition) is 3. The van der Waals surface area contributed by atoms with E-state index in [9.17, 15) is 4.79 Å². The van der Waals surface area contributed by atoms with E-state index in [-0.39, 0.29) is 22.9 Å². The second kappa shape index (κ2) is 8.77. The Morgan fingerprint density at radius 3 is 2.12 bits per heavy atom. The minimum absolute atomic E-state index is 0.190. The molecule has 0 aromatic heterocycles. The first kappa shape index (κ1) is 21.6. The highest BCUT2D eigenvalue weighted by Crippen LogP contribution is 2.29. The minimum Gasteiger partial charge on any atom is -0.339 e. The number of alkyl halides is 3. The average molecular weight is 431 g/mol. The largest absolute Gasteiger partial charge is 0.339 e. The fraction of sp³-hybridized carbons (Fsp3) is 0.467. The second-order valence-electron chi connectivity index (χ2n) is 6.38. The normalized spacial score (nSPS) is 13.1. The van der Waals surface area contributed by atoms with Crippen molar-refractivity contribution in [3.8, 4) is 0 Å². The van der Waals surface area contributed by atoms with Crippen LogP contribution < -0.4 is 16.0 Å². The van der Waals surface area contributed by atoms with Crippen LogP contribution in [0.5, 0.6) is 0 Å². The summed E-state index contributed by atoms with van der Waals surface area (Å²) in [7, 11) is 0. The third kappa shape index (κ3) is 8.58. The summed E-state index contributed by atoms with van der Waals surface area (Å²) in [4.78, 5) is 12.1. The zero-order chi connectivity index (χ0) is 18.5. The van der Waals surface area contributed by atoms with Gasteiger partial charge in [0.25, 0.3) is 0 Å². The van der Waals surface area contributed by atoms with Gasteiger partial charge in [0, 0.05) is 17.1 Å². The molecule has 0 saturated heterocycles. The lowest BCUT2D eigenvalue weighted by Gasteiger charge is -2.29. The van der Waals surface area contributed by atoms with Gasteiger partial charge in [-0.2, -0.15) is 0 Å². The predicted octanol–water partition coefficient (Wildman–Crippen LogP) is 4.88. The molecule has 1 aromatic rings. The van der Waals surface area contributed by atoms with Crippen molar-refractivity contribution in [1.82, 2.24) is 10.6 Å². The molecule has 9 heteroatoms. The maximum absolute atomic E-state index is 12.1. The van der Waals surface area contributed by atoms with Crippen molar-refractivity contribution in [1.29, 1.82) is 0 Å². The van der Waals surface area contributed by atoms with E-state index in [1.165, 1.54) is 0 Å². The van der Waals surface area contributed by atoms with Crippen LogP contribution in [0.2, 0.25) is 5.02 Å². The van der Waals surface area contributed by atoms with Crippen molar-refractivity contribution in [2.45, 2.75) is 37.2 Å². The highest BCUT2D eigenvalue weighted by Gasteiger charge is 2.35. The number of hydrogen-bond acceptors (Lipinski definition) is 2. The van der Waals surface area contributed by atoms with Crippen LogP contribution in [0.15, 0.2) is 24.3 Å². The third-order valence-electron chi connectivity index (χ3n) is 2.70. The summed E-state index contributed by atoms with van der Waals surface area (Å²) in [5, 5.41) is 9.17. The quantitative estimate of drug-likeness (QED) is 0.362. The van der Waals surface area contributed by atoms with Crippen molar-refractivity contribution in [2.75, 3.05) is 5.32 Å². The molecule has 0 aliphatic rings. The number of halogens is 4. The zero-order valence-corrected chi connectivity index (χ0v) is 17.3. The van der Waals surface area contributed by atoms with E-state index in [0.717, 1.165) is 0 Å². The molecule has 0 radical (unpaired) electrons. The molecule has 0 aliphatic heterocycles. The Hall–Kier alpha value is -0.460. The molecule has 1 amide bonds. The highest BCUT2D eigenvalue weighted by molar-refractivity contribution is 7.80. The summed E-state index contributed by atoms with van der Waals surface area (Å²) in [6, 6.07) is 6.92. The van der Waals surface area contributed by atoms with E-state index in [4.69, 9.17) is 58.6 Å². The van der Waals surface area contributed by atoms with Gasteiger partial charge in [-0.25, -0.2) is 0 Å². The van der Waals surface area contributed by atoms with Gasteiger partial charge in [-0.1, -0.05) is 67.2 Å². The van der Waals surface area contributed by atoms with Gasteiger partial charge in [-0.3, -0.25) is 4.79 Å². The number of anilines is 1. The lowest BCUT2D eigenvalue weighted by molar-refractivity contribution is -0.123. The van der Waals surface area contributed by atoms with E-state index in [0.29, 0.717) is 10.7 Å². The molecule has 1 rings (SSSR count). The number of rotatable bonds is 4. The Kier molecular flexibility index (Phi) is 7.88. The lowest BCUT2D eigenvalue weighted by atomic mass is 9.92. The number of nitrogens with one attached hydrogen (secondary N) is 3. The molecule has 1 atom stereocenters. The first-order valence-corrected chi connectivity index (χ1v) is 8.98. The Bertz CT molecular complexity index is 582. The molecule has 0 saturated carbocycles. The fourth-order valence-corrected chi connectivity index (χ4v) is 2.41. The molecular formula is C15H19Cl4N3OS. The zero-order valence-electron chi connectivity index (χ0n) is 13.4. The number of amides is 1. The number of carbonyl (C=O) groups is 1. The number of benzene rings is 1. The molecule has 0 fully saturated rings. The maximum Gasteiger partial charge on any atom is 0.228 e. The monoisotopic (exact) mass is 429 g/mol. The minimum atomic E-state index is -1.78. The topological polar surface area (TPSA) is 53.2 Å². The van der Waals surface area contributed by atoms with Gasteiger partial charge in [-0.15, -0.1) is 0 Å². The maximum atomic E-state index is 12.1. The van der Waals surface area contributed by atoms with Gasteiger partial charge < -0.3 is 16.0 Å². The van der Waals surface area contributed by atoms with Crippen LogP contribution in [0, 0.1) is 5.41 Å². The summed E-state index contributed by atoms with van der Waals surface area (Å²) < 4.78 is -1.78. The predicted molar refractivity (Wildman–Crippen MR) is 107 cm³/mol. The van der Waals surface area contributed by atoms with Crippen LogP contribution in [0.3, 0.4) is 0 Å². The Labute approximate surface area is 167 Å². The smallest absolute Gasteiger partial charge is 0.228 e. The molecular weight excluding hydrogens is 412 g/mol. The average Bonchev–Trinajstić information content (AvgIpc) is 2.37. The van der Waals surface area contributed by atoms with Crippen molar-refractivity contribution < 1.29 is 4.79 Å². The van der Waals surface area contributed by atoms with Crippen LogP contribution in [-0.2, 0) is 4.79 Å². The van der Waals surface area contributed by atoms with E-state index in [1.54, 1.807) is 24.3 Å². The van der Waals surface area contributed by atoms with E-state index in [1.807, 2.05) is 20.8 Å². The first-order valence-electron chi connectivity index (χ1n) is 7.06. The SMILES string of the molecule is CC(C)(C)CC(=O)NC(NC(=S)Nc1ccc(Cl)cc1)C(Cl)(Cl)Cl. The summed E-state index contributed by atoms with van der Waals surface area (Å²) >= 11 is 28.8. The Balaban J connectivity index is 2.70. The van der Waals surface area contributed by atoms with Crippen LogP contribution in [0.25, 0.3) is 0 Å². The fourth-order valence-electron chi connectivity index (χ4n) is 1.72. The van der Waals surface area contributed by atoms with Crippen molar-refractivity contribution in [3.63, 3.8) is 0 Å². The van der Waals surface area contributed by atoms with Crippen LogP contribution in [-0.4, -0.2) is 21.0 Å². The van der Waals surface area contributed by atoms with Crippen LogP contribution in [0.4, 0.5) is 5.69 Å².